The highest BCUT2D eigenvalue weighted by Crippen LogP contribution is 2.33. The molecule has 1 nitrogen and oxygen atoms in total. The first kappa shape index (κ1) is 20.7. The van der Waals surface area contributed by atoms with Crippen molar-refractivity contribution in [3.8, 4) is 0 Å². The standard InChI is InChI=1S/C20H20Cl2FIO/c1-20(2,12-18(21)22)19(24)25-13-15-8-9-17(23)16(11-15)10-14-6-4-3-5-7-14/h3-9,11-12,19H,10,13H2,1-2H3. The lowest BCUT2D eigenvalue weighted by atomic mass is 9.95. The average molecular weight is 493 g/mol. The molecule has 0 radical (unpaired) electrons. The van der Waals surface area contributed by atoms with Crippen LogP contribution >= 0.6 is 45.8 Å². The van der Waals surface area contributed by atoms with Crippen LogP contribution < -0.4 is 0 Å². The predicted molar refractivity (Wildman–Crippen MR) is 112 cm³/mol. The van der Waals surface area contributed by atoms with Gasteiger partial charge in [0.25, 0.3) is 0 Å². The minimum Gasteiger partial charge on any atom is -0.362 e. The summed E-state index contributed by atoms with van der Waals surface area (Å²) < 4.78 is 20.1. The highest BCUT2D eigenvalue weighted by Gasteiger charge is 2.26. The SMILES string of the molecule is CC(C)(C=C(Cl)Cl)C(I)OCc1ccc(F)c(Cc2ccccc2)c1. The molecule has 0 bridgehead atoms. The zero-order valence-electron chi connectivity index (χ0n) is 14.1. The molecule has 2 aromatic rings. The summed E-state index contributed by atoms with van der Waals surface area (Å²) in [6.07, 6.45) is 2.32. The fraction of sp³-hybridized carbons (Fsp3) is 0.300. The van der Waals surface area contributed by atoms with Crippen LogP contribution in [0.5, 0.6) is 0 Å². The fourth-order valence-corrected chi connectivity index (χ4v) is 3.32. The summed E-state index contributed by atoms with van der Waals surface area (Å²) in [4.78, 5) is 0. The Kier molecular flexibility index (Phi) is 7.74. The third kappa shape index (κ3) is 6.55. The molecule has 0 fully saturated rings. The summed E-state index contributed by atoms with van der Waals surface area (Å²) in [7, 11) is 0. The second-order valence-electron chi connectivity index (χ2n) is 6.47. The van der Waals surface area contributed by atoms with Gasteiger partial charge in [-0.15, -0.1) is 0 Å². The lowest BCUT2D eigenvalue weighted by Crippen LogP contribution is -2.24. The largest absolute Gasteiger partial charge is 0.362 e. The van der Waals surface area contributed by atoms with Gasteiger partial charge < -0.3 is 4.74 Å². The smallest absolute Gasteiger partial charge is 0.126 e. The van der Waals surface area contributed by atoms with Crippen molar-refractivity contribution in [1.29, 1.82) is 0 Å². The van der Waals surface area contributed by atoms with E-state index in [0.29, 0.717) is 18.6 Å². The van der Waals surface area contributed by atoms with Gasteiger partial charge in [0.15, 0.2) is 0 Å². The van der Waals surface area contributed by atoms with E-state index in [2.05, 4.69) is 22.6 Å². The number of hydrogen-bond acceptors (Lipinski definition) is 1. The second kappa shape index (κ2) is 9.36. The van der Waals surface area contributed by atoms with Crippen LogP contribution in [-0.4, -0.2) is 4.11 Å². The highest BCUT2D eigenvalue weighted by atomic mass is 127. The summed E-state index contributed by atoms with van der Waals surface area (Å²) in [5.41, 5.74) is 2.37. The van der Waals surface area contributed by atoms with Crippen molar-refractivity contribution in [2.45, 2.75) is 31.0 Å². The predicted octanol–water partition coefficient (Wildman–Crippen LogP) is 7.04. The van der Waals surface area contributed by atoms with Gasteiger partial charge in [0, 0.05) is 11.8 Å². The Bertz CT molecular complexity index is 728. The third-order valence-electron chi connectivity index (χ3n) is 3.81. The van der Waals surface area contributed by atoms with Gasteiger partial charge >= 0.3 is 0 Å². The topological polar surface area (TPSA) is 9.23 Å². The van der Waals surface area contributed by atoms with Crippen molar-refractivity contribution < 1.29 is 9.13 Å². The van der Waals surface area contributed by atoms with Crippen molar-refractivity contribution >= 4 is 45.8 Å². The van der Waals surface area contributed by atoms with Crippen molar-refractivity contribution in [3.05, 3.63) is 81.6 Å². The van der Waals surface area contributed by atoms with Gasteiger partial charge in [0.1, 0.15) is 14.4 Å². The normalized spacial score (nSPS) is 12.7. The van der Waals surface area contributed by atoms with Crippen LogP contribution in [0.3, 0.4) is 0 Å². The van der Waals surface area contributed by atoms with Crippen LogP contribution in [-0.2, 0) is 17.8 Å². The molecule has 0 heterocycles. The molecule has 0 amide bonds. The second-order valence-corrected chi connectivity index (χ2v) is 8.61. The molecule has 0 N–H and O–H groups in total. The van der Waals surface area contributed by atoms with Gasteiger partial charge in [-0.3, -0.25) is 0 Å². The van der Waals surface area contributed by atoms with Crippen molar-refractivity contribution in [1.82, 2.24) is 0 Å². The number of ether oxygens (including phenoxy) is 1. The summed E-state index contributed by atoms with van der Waals surface area (Å²) in [5.74, 6) is -0.198. The summed E-state index contributed by atoms with van der Waals surface area (Å²) in [5, 5.41) is 0. The molecular formula is C20H20Cl2FIO. The average Bonchev–Trinajstić information content (AvgIpc) is 2.55. The number of hydrogen-bond donors (Lipinski definition) is 0. The number of alkyl halides is 1. The van der Waals surface area contributed by atoms with Gasteiger partial charge in [-0.05, 0) is 28.8 Å². The molecule has 0 aromatic heterocycles. The lowest BCUT2D eigenvalue weighted by Gasteiger charge is -2.27. The van der Waals surface area contributed by atoms with Gasteiger partial charge in [-0.1, -0.05) is 102 Å². The number of benzene rings is 2. The fourth-order valence-electron chi connectivity index (χ4n) is 2.40. The van der Waals surface area contributed by atoms with Gasteiger partial charge in [0.05, 0.1) is 6.61 Å². The van der Waals surface area contributed by atoms with Gasteiger partial charge in [-0.25, -0.2) is 4.39 Å². The number of rotatable bonds is 7. The molecule has 0 aliphatic heterocycles. The molecule has 0 saturated heterocycles. The first-order chi connectivity index (χ1) is 11.8. The first-order valence-electron chi connectivity index (χ1n) is 7.88. The van der Waals surface area contributed by atoms with Gasteiger partial charge in [0.2, 0.25) is 0 Å². The van der Waals surface area contributed by atoms with Crippen LogP contribution in [0.1, 0.15) is 30.5 Å². The van der Waals surface area contributed by atoms with E-state index in [1.54, 1.807) is 12.1 Å². The first-order valence-corrected chi connectivity index (χ1v) is 9.89. The summed E-state index contributed by atoms with van der Waals surface area (Å²) in [6, 6.07) is 15.0. The van der Waals surface area contributed by atoms with E-state index in [1.807, 2.05) is 50.2 Å². The molecule has 0 spiro atoms. The van der Waals surface area contributed by atoms with Crippen molar-refractivity contribution in [3.63, 3.8) is 0 Å². The van der Waals surface area contributed by atoms with E-state index in [-0.39, 0.29) is 19.8 Å². The Morgan fingerprint density at radius 1 is 1.16 bits per heavy atom. The van der Waals surface area contributed by atoms with Crippen LogP contribution in [0, 0.1) is 11.2 Å². The van der Waals surface area contributed by atoms with E-state index in [9.17, 15) is 4.39 Å². The minimum atomic E-state index is -0.313. The Labute approximate surface area is 172 Å². The molecule has 5 heteroatoms. The van der Waals surface area contributed by atoms with Crippen LogP contribution in [0.2, 0.25) is 0 Å². The van der Waals surface area contributed by atoms with Crippen molar-refractivity contribution in [2.75, 3.05) is 0 Å². The van der Waals surface area contributed by atoms with Crippen LogP contribution in [0.25, 0.3) is 0 Å². The molecule has 134 valence electrons. The van der Waals surface area contributed by atoms with Gasteiger partial charge in [-0.2, -0.15) is 0 Å². The molecule has 1 atom stereocenters. The maximum Gasteiger partial charge on any atom is 0.126 e. The van der Waals surface area contributed by atoms with Crippen molar-refractivity contribution in [2.24, 2.45) is 5.41 Å². The zero-order chi connectivity index (χ0) is 18.4. The molecule has 0 aliphatic carbocycles. The molecule has 0 aliphatic rings. The number of halogens is 4. The maximum absolute atomic E-state index is 14.1. The Hall–Kier alpha value is -0.620. The molecule has 1 unspecified atom stereocenters. The summed E-state index contributed by atoms with van der Waals surface area (Å²) in [6.45, 7) is 4.40. The van der Waals surface area contributed by atoms with E-state index < -0.39 is 0 Å². The monoisotopic (exact) mass is 492 g/mol. The highest BCUT2D eigenvalue weighted by molar-refractivity contribution is 14.1. The van der Waals surface area contributed by atoms with Crippen LogP contribution in [0.15, 0.2) is 59.1 Å². The molecule has 2 rings (SSSR count). The quantitative estimate of drug-likeness (QED) is 0.297. The maximum atomic E-state index is 14.1. The molecule has 2 aromatic carbocycles. The summed E-state index contributed by atoms with van der Waals surface area (Å²) >= 11 is 13.7. The van der Waals surface area contributed by atoms with E-state index >= 15 is 0 Å². The molecular weight excluding hydrogens is 473 g/mol. The molecule has 25 heavy (non-hydrogen) atoms. The Morgan fingerprint density at radius 3 is 2.48 bits per heavy atom. The Balaban J connectivity index is 2.06. The van der Waals surface area contributed by atoms with Crippen LogP contribution in [0.4, 0.5) is 4.39 Å². The van der Waals surface area contributed by atoms with E-state index in [1.165, 1.54) is 6.07 Å². The zero-order valence-corrected chi connectivity index (χ0v) is 17.8. The molecule has 0 saturated carbocycles. The minimum absolute atomic E-state index is 0.125. The van der Waals surface area contributed by atoms with E-state index in [4.69, 9.17) is 27.9 Å². The third-order valence-corrected chi connectivity index (χ3v) is 5.99. The van der Waals surface area contributed by atoms with E-state index in [0.717, 1.165) is 11.1 Å². The lowest BCUT2D eigenvalue weighted by molar-refractivity contribution is 0.0565. The Morgan fingerprint density at radius 2 is 1.84 bits per heavy atom.